The Balaban J connectivity index is 1.42. The summed E-state index contributed by atoms with van der Waals surface area (Å²) < 4.78 is 82.0. The molecule has 4 atom stereocenters. The molecule has 3 fully saturated rings. The summed E-state index contributed by atoms with van der Waals surface area (Å²) in [5.41, 5.74) is -1.19. The van der Waals surface area contributed by atoms with Gasteiger partial charge in [-0.2, -0.15) is 26.3 Å². The highest BCUT2D eigenvalue weighted by Gasteiger charge is 2.49. The van der Waals surface area contributed by atoms with E-state index in [9.17, 15) is 35.9 Å². The van der Waals surface area contributed by atoms with E-state index in [-0.39, 0.29) is 23.9 Å². The van der Waals surface area contributed by atoms with Crippen LogP contribution < -0.4 is 0 Å². The number of aryl methyl sites for hydroxylation is 1. The molecule has 3 aliphatic heterocycles. The molecule has 45 heavy (non-hydrogen) atoms. The van der Waals surface area contributed by atoms with Crippen molar-refractivity contribution in [3.8, 4) is 0 Å². The third-order valence-electron chi connectivity index (χ3n) is 10.2. The molecule has 0 spiro atoms. The maximum absolute atomic E-state index is 14.2. The molecule has 3 heterocycles. The van der Waals surface area contributed by atoms with Crippen molar-refractivity contribution in [2.45, 2.75) is 70.5 Å². The monoisotopic (exact) mass is 638 g/mol. The first-order valence-corrected chi connectivity index (χ1v) is 15.4. The van der Waals surface area contributed by atoms with E-state index >= 15 is 0 Å². The lowest BCUT2D eigenvalue weighted by Gasteiger charge is -2.45. The Morgan fingerprint density at radius 1 is 0.911 bits per heavy atom. The van der Waals surface area contributed by atoms with Crippen LogP contribution in [0, 0.1) is 18.8 Å². The zero-order chi connectivity index (χ0) is 32.8. The van der Waals surface area contributed by atoms with E-state index in [0.717, 1.165) is 49.5 Å². The third kappa shape index (κ3) is 6.66. The number of fused-ring (bicyclic) bond motifs is 1. The van der Waals surface area contributed by atoms with Crippen LogP contribution >= 0.6 is 0 Å². The van der Waals surface area contributed by atoms with Gasteiger partial charge in [-0.3, -0.25) is 9.69 Å². The molecule has 0 bridgehead atoms. The molecular formula is C33H40F6N4O2. The van der Waals surface area contributed by atoms with Crippen LogP contribution in [0.1, 0.15) is 73.0 Å². The first-order valence-electron chi connectivity index (χ1n) is 15.4. The van der Waals surface area contributed by atoms with Crippen LogP contribution in [0.2, 0.25) is 0 Å². The lowest BCUT2D eigenvalue weighted by molar-refractivity contribution is -0.143. The quantitative estimate of drug-likeness (QED) is 0.335. The molecule has 0 saturated carbocycles. The summed E-state index contributed by atoms with van der Waals surface area (Å²) in [5.74, 6) is 0.489. The van der Waals surface area contributed by atoms with Gasteiger partial charge in [0, 0.05) is 58.7 Å². The van der Waals surface area contributed by atoms with E-state index in [1.165, 1.54) is 18.9 Å². The molecule has 0 radical (unpaired) electrons. The predicted octanol–water partition coefficient (Wildman–Crippen LogP) is 7.15. The minimum absolute atomic E-state index is 0.0781. The van der Waals surface area contributed by atoms with Gasteiger partial charge in [0.2, 0.25) is 5.91 Å². The molecule has 0 aliphatic carbocycles. The van der Waals surface area contributed by atoms with Crippen molar-refractivity contribution in [2.75, 3.05) is 39.8 Å². The molecule has 2 unspecified atom stereocenters. The van der Waals surface area contributed by atoms with Crippen LogP contribution in [0.15, 0.2) is 42.5 Å². The van der Waals surface area contributed by atoms with Crippen molar-refractivity contribution in [1.29, 1.82) is 0 Å². The zero-order valence-corrected chi connectivity index (χ0v) is 26.0. The molecule has 12 heteroatoms. The maximum atomic E-state index is 14.2. The van der Waals surface area contributed by atoms with Crippen LogP contribution in [-0.4, -0.2) is 77.4 Å². The van der Waals surface area contributed by atoms with Crippen LogP contribution in [0.4, 0.5) is 31.1 Å². The lowest BCUT2D eigenvalue weighted by Crippen LogP contribution is -2.51. The van der Waals surface area contributed by atoms with E-state index in [2.05, 4.69) is 4.90 Å². The van der Waals surface area contributed by atoms with E-state index in [1.807, 2.05) is 36.1 Å². The Hall–Kier alpha value is -3.28. The highest BCUT2D eigenvalue weighted by atomic mass is 19.4. The van der Waals surface area contributed by atoms with Gasteiger partial charge in [0.05, 0.1) is 23.2 Å². The lowest BCUT2D eigenvalue weighted by atomic mass is 9.78. The number of halogens is 6. The highest BCUT2D eigenvalue weighted by molar-refractivity contribution is 5.76. The van der Waals surface area contributed by atoms with Gasteiger partial charge in [0.25, 0.3) is 0 Å². The summed E-state index contributed by atoms with van der Waals surface area (Å²) in [6.07, 6.45) is -7.48. The maximum Gasteiger partial charge on any atom is 0.416 e. The number of carbonyl (C=O) groups is 2. The topological polar surface area (TPSA) is 47.1 Å². The van der Waals surface area contributed by atoms with E-state index in [1.54, 1.807) is 11.8 Å². The molecule has 2 aromatic rings. The highest BCUT2D eigenvalue weighted by Crippen LogP contribution is 2.47. The Labute approximate surface area is 259 Å². The number of hydrogen-bond acceptors (Lipinski definition) is 3. The van der Waals surface area contributed by atoms with Crippen LogP contribution in [-0.2, 0) is 17.1 Å². The fourth-order valence-corrected chi connectivity index (χ4v) is 7.56. The predicted molar refractivity (Wildman–Crippen MR) is 157 cm³/mol. The molecule has 3 aliphatic rings. The fourth-order valence-electron chi connectivity index (χ4n) is 7.56. The smallest absolute Gasteiger partial charge is 0.343 e. The Morgan fingerprint density at radius 3 is 2.18 bits per heavy atom. The van der Waals surface area contributed by atoms with Gasteiger partial charge in [-0.15, -0.1) is 0 Å². The van der Waals surface area contributed by atoms with Crippen molar-refractivity contribution in [1.82, 2.24) is 19.6 Å². The molecule has 246 valence electrons. The van der Waals surface area contributed by atoms with Crippen LogP contribution in [0.3, 0.4) is 0 Å². The third-order valence-corrected chi connectivity index (χ3v) is 10.2. The van der Waals surface area contributed by atoms with E-state index in [0.29, 0.717) is 37.7 Å². The minimum atomic E-state index is -5.04. The summed E-state index contributed by atoms with van der Waals surface area (Å²) >= 11 is 0. The van der Waals surface area contributed by atoms with Crippen molar-refractivity contribution < 1.29 is 35.9 Å². The molecule has 6 nitrogen and oxygen atoms in total. The SMILES string of the molecule is CC(=O)N1CCC(N2CC3CCN(C(=O)N(C)C(C)c4ccc(C(F)(F)F)cc4C(F)(F)F)[C@@H](c4ccccc4C)[C@@H]3C2)CC1. The summed E-state index contributed by atoms with van der Waals surface area (Å²) in [4.78, 5) is 33.4. The number of benzene rings is 2. The Bertz CT molecular complexity index is 1400. The minimum Gasteiger partial charge on any atom is -0.343 e. The number of alkyl halides is 6. The van der Waals surface area contributed by atoms with Gasteiger partial charge in [0.1, 0.15) is 0 Å². The molecule has 3 amide bonds. The number of hydrogen-bond donors (Lipinski definition) is 0. The van der Waals surface area contributed by atoms with Gasteiger partial charge >= 0.3 is 18.4 Å². The Kier molecular flexibility index (Phi) is 9.19. The van der Waals surface area contributed by atoms with Crippen LogP contribution in [0.25, 0.3) is 0 Å². The van der Waals surface area contributed by atoms with Gasteiger partial charge in [0.15, 0.2) is 0 Å². The fraction of sp³-hybridized carbons (Fsp3) is 0.576. The second-order valence-corrected chi connectivity index (χ2v) is 12.8. The normalized spacial score (nSPS) is 24.0. The van der Waals surface area contributed by atoms with Gasteiger partial charge in [-0.1, -0.05) is 30.3 Å². The van der Waals surface area contributed by atoms with E-state index in [4.69, 9.17) is 0 Å². The second kappa shape index (κ2) is 12.5. The number of likely N-dealkylation sites (tertiary alicyclic amines) is 3. The number of nitrogens with zero attached hydrogens (tertiary/aromatic N) is 4. The van der Waals surface area contributed by atoms with Crippen molar-refractivity contribution >= 4 is 11.9 Å². The molecule has 5 rings (SSSR count). The van der Waals surface area contributed by atoms with Gasteiger partial charge in [-0.25, -0.2) is 4.79 Å². The van der Waals surface area contributed by atoms with Crippen molar-refractivity contribution in [3.05, 3.63) is 70.3 Å². The van der Waals surface area contributed by atoms with Crippen LogP contribution in [0.5, 0.6) is 0 Å². The number of rotatable bonds is 4. The summed E-state index contributed by atoms with van der Waals surface area (Å²) in [7, 11) is 1.41. The molecule has 0 aromatic heterocycles. The summed E-state index contributed by atoms with van der Waals surface area (Å²) in [5, 5.41) is 0. The largest absolute Gasteiger partial charge is 0.416 e. The van der Waals surface area contributed by atoms with Crippen molar-refractivity contribution in [2.24, 2.45) is 11.8 Å². The zero-order valence-electron chi connectivity index (χ0n) is 26.0. The van der Waals surface area contributed by atoms with Gasteiger partial charge in [-0.05, 0) is 67.9 Å². The molecular weight excluding hydrogens is 598 g/mol. The first kappa shape index (κ1) is 33.1. The number of carbonyl (C=O) groups excluding carboxylic acids is 2. The Morgan fingerprint density at radius 2 is 1.58 bits per heavy atom. The summed E-state index contributed by atoms with van der Waals surface area (Å²) in [6.45, 7) is 8.45. The number of amides is 3. The number of piperidine rings is 2. The summed E-state index contributed by atoms with van der Waals surface area (Å²) in [6, 6.07) is 7.82. The number of urea groups is 1. The molecule has 3 saturated heterocycles. The average molecular weight is 639 g/mol. The molecule has 2 aromatic carbocycles. The molecule has 0 N–H and O–H groups in total. The standard InChI is InChI=1S/C33H40F6N4O2/c1-20-7-5-6-8-26(20)30-28-19-42(25-12-14-41(15-13-25)22(3)44)18-23(28)11-16-43(30)31(45)40(4)21(2)27-10-9-24(32(34,35)36)17-29(27)33(37,38)39/h5-10,17,21,23,25,28,30H,11-16,18-19H2,1-4H3/t21?,23?,28-,30+/m1/s1. The van der Waals surface area contributed by atoms with Gasteiger partial charge < -0.3 is 14.7 Å². The second-order valence-electron chi connectivity index (χ2n) is 12.8. The first-order chi connectivity index (χ1) is 21.1. The average Bonchev–Trinajstić information content (AvgIpc) is 3.43. The van der Waals surface area contributed by atoms with E-state index < -0.39 is 41.1 Å². The van der Waals surface area contributed by atoms with Crippen molar-refractivity contribution in [3.63, 3.8) is 0 Å².